The summed E-state index contributed by atoms with van der Waals surface area (Å²) in [6, 6.07) is 30.5. The zero-order chi connectivity index (χ0) is 22.2. The van der Waals surface area contributed by atoms with Crippen LogP contribution in [0.25, 0.3) is 0 Å². The number of ether oxygens (including phenoxy) is 2. The molecule has 0 spiro atoms. The molecular weight excluding hydrogens is 420 g/mol. The van der Waals surface area contributed by atoms with Crippen molar-refractivity contribution in [2.75, 3.05) is 5.32 Å². The summed E-state index contributed by atoms with van der Waals surface area (Å²) in [5.41, 5.74) is 1.12. The van der Waals surface area contributed by atoms with Crippen LogP contribution >= 0.6 is 12.2 Å². The van der Waals surface area contributed by atoms with Crippen LogP contribution in [-0.2, 0) is 0 Å². The van der Waals surface area contributed by atoms with Gasteiger partial charge < -0.3 is 20.1 Å². The van der Waals surface area contributed by atoms with Crippen LogP contribution in [0.4, 0.5) is 5.95 Å². The van der Waals surface area contributed by atoms with Gasteiger partial charge in [0.25, 0.3) is 0 Å². The molecule has 0 fully saturated rings. The highest BCUT2D eigenvalue weighted by Crippen LogP contribution is 2.27. The van der Waals surface area contributed by atoms with Crippen LogP contribution in [0.15, 0.2) is 97.1 Å². The lowest BCUT2D eigenvalue weighted by Gasteiger charge is -2.17. The highest BCUT2D eigenvalue weighted by Gasteiger charge is 2.12. The van der Waals surface area contributed by atoms with Gasteiger partial charge in [-0.3, -0.25) is 0 Å². The van der Waals surface area contributed by atoms with Crippen molar-refractivity contribution in [1.29, 1.82) is 0 Å². The SMILES string of the molecule is CC(NC(=S)Nc1nc(Oc2ccccc2)cc(Oc2ccccc2)n1)c1ccccc1. The van der Waals surface area contributed by atoms with Crippen LogP contribution in [0.3, 0.4) is 0 Å². The molecule has 2 N–H and O–H groups in total. The molecule has 1 aromatic heterocycles. The van der Waals surface area contributed by atoms with Gasteiger partial charge in [-0.25, -0.2) is 0 Å². The van der Waals surface area contributed by atoms with Crippen molar-refractivity contribution < 1.29 is 9.47 Å². The van der Waals surface area contributed by atoms with Crippen molar-refractivity contribution in [3.63, 3.8) is 0 Å². The Morgan fingerprint density at radius 2 is 1.22 bits per heavy atom. The Morgan fingerprint density at radius 3 is 1.72 bits per heavy atom. The average Bonchev–Trinajstić information content (AvgIpc) is 2.81. The molecule has 0 bridgehead atoms. The van der Waals surface area contributed by atoms with E-state index in [1.54, 1.807) is 6.07 Å². The van der Waals surface area contributed by atoms with Gasteiger partial charge in [-0.15, -0.1) is 0 Å². The number of para-hydroxylation sites is 2. The zero-order valence-electron chi connectivity index (χ0n) is 17.4. The molecule has 4 rings (SSSR count). The molecule has 0 amide bonds. The number of hydrogen-bond donors (Lipinski definition) is 2. The second-order valence-electron chi connectivity index (χ2n) is 6.93. The molecule has 4 aromatic rings. The number of rotatable bonds is 7. The van der Waals surface area contributed by atoms with E-state index in [4.69, 9.17) is 21.7 Å². The molecule has 7 heteroatoms. The van der Waals surface area contributed by atoms with E-state index in [1.807, 2.05) is 97.9 Å². The third-order valence-corrected chi connectivity index (χ3v) is 4.70. The van der Waals surface area contributed by atoms with Gasteiger partial charge in [0.05, 0.1) is 12.1 Å². The summed E-state index contributed by atoms with van der Waals surface area (Å²) in [5.74, 6) is 2.24. The van der Waals surface area contributed by atoms with Crippen molar-refractivity contribution in [1.82, 2.24) is 15.3 Å². The van der Waals surface area contributed by atoms with E-state index in [2.05, 4.69) is 20.6 Å². The quantitative estimate of drug-likeness (QED) is 0.335. The van der Waals surface area contributed by atoms with Gasteiger partial charge >= 0.3 is 0 Å². The molecule has 3 aromatic carbocycles. The molecule has 6 nitrogen and oxygen atoms in total. The Hall–Kier alpha value is -3.97. The highest BCUT2D eigenvalue weighted by molar-refractivity contribution is 7.80. The molecule has 0 aliphatic carbocycles. The van der Waals surface area contributed by atoms with Gasteiger partial charge in [0.1, 0.15) is 11.5 Å². The molecule has 32 heavy (non-hydrogen) atoms. The number of nitrogens with zero attached hydrogens (tertiary/aromatic N) is 2. The number of nitrogens with one attached hydrogen (secondary N) is 2. The number of aromatic nitrogens is 2. The summed E-state index contributed by atoms with van der Waals surface area (Å²) in [7, 11) is 0. The molecule has 0 radical (unpaired) electrons. The molecular formula is C25H22N4O2S. The fourth-order valence-corrected chi connectivity index (χ4v) is 3.21. The van der Waals surface area contributed by atoms with Crippen LogP contribution in [0.1, 0.15) is 18.5 Å². The molecule has 0 aliphatic heterocycles. The monoisotopic (exact) mass is 442 g/mol. The lowest BCUT2D eigenvalue weighted by Crippen LogP contribution is -2.31. The minimum atomic E-state index is 0.0139. The Balaban J connectivity index is 1.53. The summed E-state index contributed by atoms with van der Waals surface area (Å²) in [5, 5.41) is 6.67. The maximum absolute atomic E-state index is 5.89. The molecule has 1 heterocycles. The maximum atomic E-state index is 5.89. The van der Waals surface area contributed by atoms with Crippen LogP contribution in [-0.4, -0.2) is 15.1 Å². The minimum Gasteiger partial charge on any atom is -0.439 e. The van der Waals surface area contributed by atoms with E-state index in [0.29, 0.717) is 28.4 Å². The first-order chi connectivity index (χ1) is 15.7. The maximum Gasteiger partial charge on any atom is 0.235 e. The number of hydrogen-bond acceptors (Lipinski definition) is 5. The first-order valence-electron chi connectivity index (χ1n) is 10.1. The molecule has 1 atom stereocenters. The summed E-state index contributed by atoms with van der Waals surface area (Å²) in [6.45, 7) is 2.03. The first kappa shape index (κ1) is 21.3. The van der Waals surface area contributed by atoms with E-state index >= 15 is 0 Å². The number of benzene rings is 3. The Labute approximate surface area is 192 Å². The summed E-state index contributed by atoms with van der Waals surface area (Å²) in [6.07, 6.45) is 0. The topological polar surface area (TPSA) is 68.3 Å². The minimum absolute atomic E-state index is 0.0139. The number of anilines is 1. The predicted molar refractivity (Wildman–Crippen MR) is 129 cm³/mol. The van der Waals surface area contributed by atoms with Gasteiger partial charge in [0.15, 0.2) is 5.11 Å². The normalized spacial score (nSPS) is 11.3. The number of thiocarbonyl (C=S) groups is 1. The van der Waals surface area contributed by atoms with E-state index in [-0.39, 0.29) is 12.0 Å². The molecule has 0 saturated carbocycles. The van der Waals surface area contributed by atoms with Crippen molar-refractivity contribution in [3.8, 4) is 23.3 Å². The molecule has 0 saturated heterocycles. The fourth-order valence-electron chi connectivity index (χ4n) is 2.94. The van der Waals surface area contributed by atoms with E-state index < -0.39 is 0 Å². The Morgan fingerprint density at radius 1 is 0.750 bits per heavy atom. The molecule has 1 unspecified atom stereocenters. The predicted octanol–water partition coefficient (Wildman–Crippen LogP) is 6.11. The van der Waals surface area contributed by atoms with Crippen molar-refractivity contribution in [3.05, 3.63) is 103 Å². The average molecular weight is 443 g/mol. The van der Waals surface area contributed by atoms with Crippen molar-refractivity contribution >= 4 is 23.3 Å². The van der Waals surface area contributed by atoms with E-state index in [1.165, 1.54) is 0 Å². The van der Waals surface area contributed by atoms with Crippen LogP contribution in [0.2, 0.25) is 0 Å². The van der Waals surface area contributed by atoms with Gasteiger partial charge in [0, 0.05) is 0 Å². The van der Waals surface area contributed by atoms with Crippen molar-refractivity contribution in [2.24, 2.45) is 0 Å². The van der Waals surface area contributed by atoms with Gasteiger partial charge in [0.2, 0.25) is 17.7 Å². The van der Waals surface area contributed by atoms with Gasteiger partial charge in [-0.2, -0.15) is 9.97 Å². The van der Waals surface area contributed by atoms with Gasteiger partial charge in [-0.1, -0.05) is 66.7 Å². The van der Waals surface area contributed by atoms with Crippen LogP contribution in [0.5, 0.6) is 23.3 Å². The third-order valence-electron chi connectivity index (χ3n) is 4.48. The summed E-state index contributed by atoms with van der Waals surface area (Å²) < 4.78 is 11.8. The Bertz CT molecular complexity index is 1100. The largest absolute Gasteiger partial charge is 0.439 e. The lowest BCUT2D eigenvalue weighted by atomic mass is 10.1. The standard InChI is InChI=1S/C25H22N4O2S/c1-18(19-11-5-2-6-12-19)26-25(32)29-24-27-22(30-20-13-7-3-8-14-20)17-23(28-24)31-21-15-9-4-10-16-21/h2-18H,1H3,(H2,26,27,28,29,32). The molecule has 0 aliphatic rings. The first-order valence-corrected chi connectivity index (χ1v) is 10.5. The van der Waals surface area contributed by atoms with Crippen LogP contribution < -0.4 is 20.1 Å². The molecule has 160 valence electrons. The second-order valence-corrected chi connectivity index (χ2v) is 7.34. The van der Waals surface area contributed by atoms with Crippen LogP contribution in [0, 0.1) is 0 Å². The lowest BCUT2D eigenvalue weighted by molar-refractivity contribution is 0.435. The second kappa shape index (κ2) is 10.4. The summed E-state index contributed by atoms with van der Waals surface area (Å²) >= 11 is 5.47. The summed E-state index contributed by atoms with van der Waals surface area (Å²) in [4.78, 5) is 8.88. The van der Waals surface area contributed by atoms with E-state index in [0.717, 1.165) is 5.56 Å². The zero-order valence-corrected chi connectivity index (χ0v) is 18.3. The fraction of sp³-hybridized carbons (Fsp3) is 0.0800. The Kier molecular flexibility index (Phi) is 6.89. The smallest absolute Gasteiger partial charge is 0.235 e. The van der Waals surface area contributed by atoms with Crippen molar-refractivity contribution in [2.45, 2.75) is 13.0 Å². The van der Waals surface area contributed by atoms with Gasteiger partial charge in [-0.05, 0) is 49.0 Å². The van der Waals surface area contributed by atoms with E-state index in [9.17, 15) is 0 Å². The third kappa shape index (κ3) is 6.02. The highest BCUT2D eigenvalue weighted by atomic mass is 32.1.